The molecular weight excluding hydrogens is 417 g/mol. The Morgan fingerprint density at radius 2 is 1.83 bits per heavy atom. The van der Waals surface area contributed by atoms with E-state index in [-0.39, 0.29) is 12.1 Å². The number of hydrogen-bond donors (Lipinski definition) is 0. The van der Waals surface area contributed by atoms with E-state index in [2.05, 4.69) is 17.9 Å². The van der Waals surface area contributed by atoms with Crippen LogP contribution in [0.4, 0.5) is 0 Å². The molecule has 30 heavy (non-hydrogen) atoms. The van der Waals surface area contributed by atoms with E-state index >= 15 is 0 Å². The third-order valence-electron chi connectivity index (χ3n) is 7.58. The van der Waals surface area contributed by atoms with Gasteiger partial charge in [0.05, 0.1) is 10.0 Å². The number of ether oxygens (including phenoxy) is 1. The minimum absolute atomic E-state index is 0.00827. The summed E-state index contributed by atoms with van der Waals surface area (Å²) < 4.78 is 6.09. The first-order valence-electron chi connectivity index (χ1n) is 12.0. The normalized spacial score (nSPS) is 31.8. The lowest BCUT2D eigenvalue weighted by molar-refractivity contribution is -0.150. The van der Waals surface area contributed by atoms with Crippen LogP contribution in [0.3, 0.4) is 0 Å². The van der Waals surface area contributed by atoms with Crippen LogP contribution in [0, 0.1) is 5.92 Å². The highest BCUT2D eigenvalue weighted by molar-refractivity contribution is 6.42. The molecule has 4 bridgehead atoms. The number of carbonyl (C=O) groups is 1. The highest BCUT2D eigenvalue weighted by atomic mass is 35.5. The van der Waals surface area contributed by atoms with Crippen molar-refractivity contribution < 1.29 is 9.53 Å². The van der Waals surface area contributed by atoms with Crippen molar-refractivity contribution in [2.24, 2.45) is 5.92 Å². The molecule has 6 unspecified atom stereocenters. The minimum Gasteiger partial charge on any atom is -0.461 e. The molecule has 3 nitrogen and oxygen atoms in total. The van der Waals surface area contributed by atoms with E-state index in [0.29, 0.717) is 40.4 Å². The quantitative estimate of drug-likeness (QED) is 0.283. The van der Waals surface area contributed by atoms with Crippen LogP contribution in [0.2, 0.25) is 10.0 Å². The highest BCUT2D eigenvalue weighted by Gasteiger charge is 2.56. The summed E-state index contributed by atoms with van der Waals surface area (Å²) in [5.41, 5.74) is 1.25. The van der Waals surface area contributed by atoms with Gasteiger partial charge in [-0.05, 0) is 49.3 Å². The summed E-state index contributed by atoms with van der Waals surface area (Å²) >= 11 is 12.5. The van der Waals surface area contributed by atoms with Gasteiger partial charge in [-0.2, -0.15) is 0 Å². The van der Waals surface area contributed by atoms with E-state index in [1.54, 1.807) is 0 Å². The van der Waals surface area contributed by atoms with Crippen molar-refractivity contribution in [1.82, 2.24) is 4.90 Å². The van der Waals surface area contributed by atoms with Crippen LogP contribution in [0.5, 0.6) is 0 Å². The summed E-state index contributed by atoms with van der Waals surface area (Å²) in [6, 6.07) is 7.20. The maximum atomic E-state index is 12.6. The Hall–Kier alpha value is -0.770. The first kappa shape index (κ1) is 22.4. The fourth-order valence-electron chi connectivity index (χ4n) is 6.14. The van der Waals surface area contributed by atoms with Gasteiger partial charge in [0.15, 0.2) is 0 Å². The fraction of sp³-hybridized carbons (Fsp3) is 0.720. The second-order valence-corrected chi connectivity index (χ2v) is 10.3. The van der Waals surface area contributed by atoms with E-state index in [1.165, 1.54) is 50.5 Å². The Morgan fingerprint density at radius 1 is 1.07 bits per heavy atom. The topological polar surface area (TPSA) is 29.5 Å². The van der Waals surface area contributed by atoms with Crippen molar-refractivity contribution in [1.29, 1.82) is 0 Å². The molecule has 3 saturated heterocycles. The first-order valence-corrected chi connectivity index (χ1v) is 12.7. The Bertz CT molecular complexity index is 740. The Morgan fingerprint density at radius 3 is 2.60 bits per heavy atom. The van der Waals surface area contributed by atoms with Crippen molar-refractivity contribution in [2.75, 3.05) is 6.54 Å². The van der Waals surface area contributed by atoms with Crippen molar-refractivity contribution in [3.8, 4) is 0 Å². The molecule has 6 atom stereocenters. The van der Waals surface area contributed by atoms with E-state index in [4.69, 9.17) is 27.9 Å². The summed E-state index contributed by atoms with van der Waals surface area (Å²) in [5.74, 6) is 0.762. The molecule has 0 saturated carbocycles. The molecule has 3 aliphatic rings. The molecule has 4 rings (SSSR count). The number of hydrogen-bond acceptors (Lipinski definition) is 3. The summed E-state index contributed by atoms with van der Waals surface area (Å²) in [4.78, 5) is 15.2. The number of piperidine rings is 1. The van der Waals surface area contributed by atoms with Crippen LogP contribution in [0.15, 0.2) is 18.2 Å². The number of nitrogens with zero attached hydrogens (tertiary/aromatic N) is 1. The molecule has 0 amide bonds. The summed E-state index contributed by atoms with van der Waals surface area (Å²) in [5, 5.41) is 1.22. The zero-order valence-electron chi connectivity index (χ0n) is 18.1. The Kier molecular flexibility index (Phi) is 7.65. The molecule has 166 valence electrons. The molecule has 1 aromatic rings. The second kappa shape index (κ2) is 10.2. The average molecular weight is 452 g/mol. The van der Waals surface area contributed by atoms with Crippen LogP contribution >= 0.6 is 23.2 Å². The smallest absolute Gasteiger partial charge is 0.306 e. The second-order valence-electron chi connectivity index (χ2n) is 9.49. The van der Waals surface area contributed by atoms with Crippen molar-refractivity contribution >= 4 is 29.2 Å². The number of benzene rings is 1. The number of esters is 1. The van der Waals surface area contributed by atoms with Gasteiger partial charge in [-0.3, -0.25) is 9.69 Å². The predicted molar refractivity (Wildman–Crippen MR) is 123 cm³/mol. The van der Waals surface area contributed by atoms with Crippen LogP contribution in [0.1, 0.15) is 89.0 Å². The molecule has 3 fully saturated rings. The zero-order chi connectivity index (χ0) is 21.1. The number of unbranched alkanes of at least 4 members (excludes halogenated alkanes) is 6. The third-order valence-corrected chi connectivity index (χ3v) is 8.32. The summed E-state index contributed by atoms with van der Waals surface area (Å²) in [6.07, 6.45) is 12.7. The zero-order valence-corrected chi connectivity index (χ0v) is 19.6. The van der Waals surface area contributed by atoms with Crippen molar-refractivity contribution in [3.63, 3.8) is 0 Å². The monoisotopic (exact) mass is 451 g/mol. The third kappa shape index (κ3) is 4.84. The van der Waals surface area contributed by atoms with Gasteiger partial charge < -0.3 is 4.74 Å². The minimum atomic E-state index is -0.00827. The van der Waals surface area contributed by atoms with Crippen LogP contribution in [0.25, 0.3) is 0 Å². The molecule has 0 N–H and O–H groups in total. The molecule has 1 aromatic carbocycles. The molecule has 0 aliphatic carbocycles. The maximum absolute atomic E-state index is 12.6. The van der Waals surface area contributed by atoms with Gasteiger partial charge >= 0.3 is 5.97 Å². The van der Waals surface area contributed by atoms with Crippen LogP contribution in [-0.4, -0.2) is 35.6 Å². The highest BCUT2D eigenvalue weighted by Crippen LogP contribution is 2.53. The van der Waals surface area contributed by atoms with Crippen molar-refractivity contribution in [2.45, 2.75) is 102 Å². The van der Waals surface area contributed by atoms with E-state index in [9.17, 15) is 4.79 Å². The van der Waals surface area contributed by atoms with Gasteiger partial charge in [-0.15, -0.1) is 0 Å². The van der Waals surface area contributed by atoms with Gasteiger partial charge in [0, 0.05) is 31.0 Å². The first-order chi connectivity index (χ1) is 14.6. The largest absolute Gasteiger partial charge is 0.461 e. The van der Waals surface area contributed by atoms with Crippen LogP contribution in [-0.2, 0) is 9.53 Å². The Labute approximate surface area is 191 Å². The summed E-state index contributed by atoms with van der Waals surface area (Å²) in [7, 11) is 0. The number of carbonyl (C=O) groups excluding carboxylic acids is 1. The van der Waals surface area contributed by atoms with Crippen LogP contribution < -0.4 is 0 Å². The number of halogens is 2. The van der Waals surface area contributed by atoms with Gasteiger partial charge in [0.2, 0.25) is 0 Å². The van der Waals surface area contributed by atoms with E-state index in [0.717, 1.165) is 25.8 Å². The SMILES string of the molecule is CCCCCCCCCC(=O)OC1CN2C3CCC2C1C(c1ccc(Cl)c(Cl)c1)C3. The van der Waals surface area contributed by atoms with E-state index < -0.39 is 0 Å². The average Bonchev–Trinajstić information content (AvgIpc) is 3.14. The fourth-order valence-corrected chi connectivity index (χ4v) is 6.45. The standard InChI is InChI=1S/C25H35Cl2NO2/c1-2-3-4-5-6-7-8-9-24(29)30-23-16-28-18-11-13-22(28)25(23)19(15-18)17-10-12-20(26)21(27)14-17/h10,12,14,18-19,22-23,25H,2-9,11,13,15-16H2,1H3. The molecule has 0 spiro atoms. The van der Waals surface area contributed by atoms with Gasteiger partial charge in [0.25, 0.3) is 0 Å². The van der Waals surface area contributed by atoms with Gasteiger partial charge in [0.1, 0.15) is 6.10 Å². The molecule has 3 heterocycles. The molecular formula is C25H35Cl2NO2. The number of rotatable bonds is 10. The van der Waals surface area contributed by atoms with E-state index in [1.807, 2.05) is 12.1 Å². The maximum Gasteiger partial charge on any atom is 0.306 e. The molecule has 3 aliphatic heterocycles. The van der Waals surface area contributed by atoms with Crippen molar-refractivity contribution in [3.05, 3.63) is 33.8 Å². The van der Waals surface area contributed by atoms with Gasteiger partial charge in [-0.25, -0.2) is 0 Å². The molecule has 5 heteroatoms. The molecule has 0 aromatic heterocycles. The summed E-state index contributed by atoms with van der Waals surface area (Å²) in [6.45, 7) is 3.14. The Balaban J connectivity index is 1.34. The molecule has 0 radical (unpaired) electrons. The van der Waals surface area contributed by atoms with Gasteiger partial charge in [-0.1, -0.05) is 74.7 Å². The lowest BCUT2D eigenvalue weighted by atomic mass is 9.76. The predicted octanol–water partition coefficient (Wildman–Crippen LogP) is 7.00. The lowest BCUT2D eigenvalue weighted by Gasteiger charge is -2.37. The lowest BCUT2D eigenvalue weighted by Crippen LogP contribution is -2.41.